The standard InChI is InChI=1S/C14H17BrFNO2/c1-9(11-4-3-10(15)7-12(11)16)17-6-5-14(2,8-17)13(18)19/h3-4,7,9H,5-6,8H2,1-2H3,(H,18,19). The summed E-state index contributed by atoms with van der Waals surface area (Å²) in [7, 11) is 0. The first-order valence-corrected chi connectivity index (χ1v) is 7.05. The van der Waals surface area contributed by atoms with Crippen molar-refractivity contribution in [1.82, 2.24) is 4.90 Å². The fourth-order valence-corrected chi connectivity index (χ4v) is 2.87. The summed E-state index contributed by atoms with van der Waals surface area (Å²) in [6.07, 6.45) is 0.602. The van der Waals surface area contributed by atoms with Crippen LogP contribution < -0.4 is 0 Å². The van der Waals surface area contributed by atoms with Crippen LogP contribution in [0.4, 0.5) is 4.39 Å². The van der Waals surface area contributed by atoms with E-state index in [-0.39, 0.29) is 11.9 Å². The minimum absolute atomic E-state index is 0.116. The SMILES string of the molecule is CC(c1ccc(Br)cc1F)N1CCC(C)(C(=O)O)C1. The zero-order valence-corrected chi connectivity index (χ0v) is 12.6. The monoisotopic (exact) mass is 329 g/mol. The smallest absolute Gasteiger partial charge is 0.310 e. The lowest BCUT2D eigenvalue weighted by molar-refractivity contribution is -0.147. The first-order valence-electron chi connectivity index (χ1n) is 6.26. The largest absolute Gasteiger partial charge is 0.481 e. The van der Waals surface area contributed by atoms with Gasteiger partial charge >= 0.3 is 5.97 Å². The van der Waals surface area contributed by atoms with Crippen LogP contribution in [0.5, 0.6) is 0 Å². The van der Waals surface area contributed by atoms with Gasteiger partial charge in [0.05, 0.1) is 5.41 Å². The van der Waals surface area contributed by atoms with Crippen molar-refractivity contribution in [2.45, 2.75) is 26.3 Å². The van der Waals surface area contributed by atoms with Gasteiger partial charge < -0.3 is 5.11 Å². The topological polar surface area (TPSA) is 40.5 Å². The van der Waals surface area contributed by atoms with Crippen molar-refractivity contribution in [2.24, 2.45) is 5.41 Å². The molecule has 1 N–H and O–H groups in total. The molecule has 2 rings (SSSR count). The summed E-state index contributed by atoms with van der Waals surface area (Å²) in [4.78, 5) is 13.3. The van der Waals surface area contributed by atoms with Gasteiger partial charge in [0.2, 0.25) is 0 Å². The van der Waals surface area contributed by atoms with Gasteiger partial charge in [0.15, 0.2) is 0 Å². The average molecular weight is 330 g/mol. The van der Waals surface area contributed by atoms with Crippen molar-refractivity contribution in [3.8, 4) is 0 Å². The number of hydrogen-bond donors (Lipinski definition) is 1. The number of carboxylic acid groups (broad SMARTS) is 1. The Bertz CT molecular complexity index is 508. The molecule has 0 amide bonds. The second-order valence-corrected chi connectivity index (χ2v) is 6.34. The molecule has 1 heterocycles. The molecule has 1 fully saturated rings. The number of carboxylic acids is 1. The normalized spacial score (nSPS) is 25.5. The molecule has 2 atom stereocenters. The Labute approximate surface area is 120 Å². The lowest BCUT2D eigenvalue weighted by Gasteiger charge is -2.26. The van der Waals surface area contributed by atoms with Crippen molar-refractivity contribution in [1.29, 1.82) is 0 Å². The minimum atomic E-state index is -0.779. The molecule has 0 aromatic heterocycles. The van der Waals surface area contributed by atoms with Crippen molar-refractivity contribution >= 4 is 21.9 Å². The van der Waals surface area contributed by atoms with Crippen LogP contribution in [0.25, 0.3) is 0 Å². The van der Waals surface area contributed by atoms with Crippen LogP contribution in [-0.4, -0.2) is 29.1 Å². The summed E-state index contributed by atoms with van der Waals surface area (Å²) in [6.45, 7) is 4.80. The number of nitrogens with zero attached hydrogens (tertiary/aromatic N) is 1. The Balaban J connectivity index is 2.17. The Morgan fingerprint density at radius 3 is 2.79 bits per heavy atom. The molecule has 19 heavy (non-hydrogen) atoms. The highest BCUT2D eigenvalue weighted by atomic mass is 79.9. The van der Waals surface area contributed by atoms with Crippen LogP contribution in [-0.2, 0) is 4.79 Å². The zero-order chi connectivity index (χ0) is 14.2. The minimum Gasteiger partial charge on any atom is -0.481 e. The number of carbonyl (C=O) groups is 1. The molecule has 0 radical (unpaired) electrons. The molecule has 1 aliphatic rings. The van der Waals surface area contributed by atoms with E-state index in [1.807, 2.05) is 11.8 Å². The third-order valence-corrected chi connectivity index (χ3v) is 4.47. The van der Waals surface area contributed by atoms with Gasteiger partial charge in [-0.1, -0.05) is 22.0 Å². The lowest BCUT2D eigenvalue weighted by atomic mass is 9.90. The Morgan fingerprint density at radius 1 is 1.58 bits per heavy atom. The Kier molecular flexibility index (Phi) is 3.97. The number of halogens is 2. The quantitative estimate of drug-likeness (QED) is 0.923. The molecule has 0 spiro atoms. The number of likely N-dealkylation sites (tertiary alicyclic amines) is 1. The molecular weight excluding hydrogens is 313 g/mol. The fraction of sp³-hybridized carbons (Fsp3) is 0.500. The molecule has 0 aliphatic carbocycles. The Morgan fingerprint density at radius 2 is 2.26 bits per heavy atom. The number of aliphatic carboxylic acids is 1. The molecule has 104 valence electrons. The van der Waals surface area contributed by atoms with Crippen LogP contribution >= 0.6 is 15.9 Å². The average Bonchev–Trinajstić information content (AvgIpc) is 2.73. The van der Waals surface area contributed by atoms with Gasteiger partial charge in [-0.05, 0) is 38.9 Å². The highest BCUT2D eigenvalue weighted by Gasteiger charge is 2.42. The van der Waals surface area contributed by atoms with Gasteiger partial charge in [-0.2, -0.15) is 0 Å². The summed E-state index contributed by atoms with van der Waals surface area (Å²) in [5.74, 6) is -1.04. The summed E-state index contributed by atoms with van der Waals surface area (Å²) in [6, 6.07) is 4.88. The van der Waals surface area contributed by atoms with Crippen LogP contribution in [0.3, 0.4) is 0 Å². The molecule has 1 aliphatic heterocycles. The van der Waals surface area contributed by atoms with Gasteiger partial charge in [-0.15, -0.1) is 0 Å². The second-order valence-electron chi connectivity index (χ2n) is 5.43. The van der Waals surface area contributed by atoms with E-state index in [4.69, 9.17) is 0 Å². The van der Waals surface area contributed by atoms with E-state index in [2.05, 4.69) is 15.9 Å². The summed E-state index contributed by atoms with van der Waals surface area (Å²) < 4.78 is 14.6. The lowest BCUT2D eigenvalue weighted by Crippen LogP contribution is -2.33. The van der Waals surface area contributed by atoms with Crippen LogP contribution in [0.2, 0.25) is 0 Å². The van der Waals surface area contributed by atoms with E-state index in [0.29, 0.717) is 29.5 Å². The first kappa shape index (κ1) is 14.5. The molecule has 1 saturated heterocycles. The summed E-state index contributed by atoms with van der Waals surface area (Å²) in [5, 5.41) is 9.23. The first-order chi connectivity index (χ1) is 8.83. The van der Waals surface area contributed by atoms with Crippen molar-refractivity contribution in [3.63, 3.8) is 0 Å². The Hall–Kier alpha value is -0.940. The zero-order valence-electron chi connectivity index (χ0n) is 11.0. The van der Waals surface area contributed by atoms with Crippen molar-refractivity contribution in [3.05, 3.63) is 34.1 Å². The molecule has 3 nitrogen and oxygen atoms in total. The highest BCUT2D eigenvalue weighted by molar-refractivity contribution is 9.10. The fourth-order valence-electron chi connectivity index (χ4n) is 2.54. The molecule has 1 aromatic carbocycles. The van der Waals surface area contributed by atoms with E-state index in [1.54, 1.807) is 19.1 Å². The van der Waals surface area contributed by atoms with Gasteiger partial charge in [-0.3, -0.25) is 9.69 Å². The maximum absolute atomic E-state index is 13.9. The number of benzene rings is 1. The highest BCUT2D eigenvalue weighted by Crippen LogP contribution is 2.36. The second kappa shape index (κ2) is 5.21. The predicted octanol–water partition coefficient (Wildman–Crippen LogP) is 3.45. The molecular formula is C14H17BrFNO2. The van der Waals surface area contributed by atoms with Crippen molar-refractivity contribution in [2.75, 3.05) is 13.1 Å². The van der Waals surface area contributed by atoms with Gasteiger partial charge in [-0.25, -0.2) is 4.39 Å². The molecule has 0 saturated carbocycles. The van der Waals surface area contributed by atoms with Crippen LogP contribution in [0.1, 0.15) is 31.9 Å². The van der Waals surface area contributed by atoms with E-state index < -0.39 is 11.4 Å². The molecule has 2 unspecified atom stereocenters. The molecule has 5 heteroatoms. The maximum atomic E-state index is 13.9. The van der Waals surface area contributed by atoms with Crippen LogP contribution in [0, 0.1) is 11.2 Å². The maximum Gasteiger partial charge on any atom is 0.310 e. The van der Waals surface area contributed by atoms with Gasteiger partial charge in [0, 0.05) is 22.6 Å². The molecule has 0 bridgehead atoms. The summed E-state index contributed by atoms with van der Waals surface area (Å²) in [5.41, 5.74) is -0.113. The van der Waals surface area contributed by atoms with Crippen LogP contribution in [0.15, 0.2) is 22.7 Å². The van der Waals surface area contributed by atoms with E-state index in [0.717, 1.165) is 0 Å². The van der Waals surface area contributed by atoms with Crippen molar-refractivity contribution < 1.29 is 14.3 Å². The van der Waals surface area contributed by atoms with E-state index >= 15 is 0 Å². The number of hydrogen-bond acceptors (Lipinski definition) is 2. The number of rotatable bonds is 3. The molecule has 1 aromatic rings. The third-order valence-electron chi connectivity index (χ3n) is 3.98. The van der Waals surface area contributed by atoms with Gasteiger partial charge in [0.1, 0.15) is 5.82 Å². The predicted molar refractivity (Wildman–Crippen MR) is 74.4 cm³/mol. The summed E-state index contributed by atoms with van der Waals surface area (Å²) >= 11 is 3.23. The third kappa shape index (κ3) is 2.82. The van der Waals surface area contributed by atoms with E-state index in [1.165, 1.54) is 6.07 Å². The van der Waals surface area contributed by atoms with E-state index in [9.17, 15) is 14.3 Å². The van der Waals surface area contributed by atoms with Gasteiger partial charge in [0.25, 0.3) is 0 Å².